The molecule has 0 saturated carbocycles. The summed E-state index contributed by atoms with van der Waals surface area (Å²) in [6, 6.07) is 18.0. The lowest BCUT2D eigenvalue weighted by Gasteiger charge is -2.09. The number of aromatic nitrogens is 2. The molecule has 0 aliphatic rings. The van der Waals surface area contributed by atoms with Crippen molar-refractivity contribution in [3.8, 4) is 0 Å². The van der Waals surface area contributed by atoms with Crippen molar-refractivity contribution in [1.82, 2.24) is 14.9 Å². The summed E-state index contributed by atoms with van der Waals surface area (Å²) in [6.07, 6.45) is 4.50. The normalized spacial score (nSPS) is 10.7. The fourth-order valence-corrected chi connectivity index (χ4v) is 3.76. The van der Waals surface area contributed by atoms with Crippen LogP contribution < -0.4 is 5.32 Å². The van der Waals surface area contributed by atoms with Crippen molar-refractivity contribution in [2.75, 3.05) is 12.3 Å². The van der Waals surface area contributed by atoms with E-state index in [1.807, 2.05) is 48.7 Å². The zero-order valence-electron chi connectivity index (χ0n) is 15.0. The van der Waals surface area contributed by atoms with Gasteiger partial charge in [-0.3, -0.25) is 4.79 Å². The van der Waals surface area contributed by atoms with E-state index in [0.717, 1.165) is 28.7 Å². The molecule has 0 aliphatic carbocycles. The smallest absolute Gasteiger partial charge is 0.230 e. The van der Waals surface area contributed by atoms with E-state index in [-0.39, 0.29) is 5.91 Å². The van der Waals surface area contributed by atoms with Gasteiger partial charge in [-0.15, -0.1) is 11.8 Å². The summed E-state index contributed by atoms with van der Waals surface area (Å²) in [5, 5.41) is 3.70. The van der Waals surface area contributed by atoms with Gasteiger partial charge in [0.15, 0.2) is 0 Å². The largest absolute Gasteiger partial charge is 0.355 e. The number of thioether (sulfide) groups is 1. The van der Waals surface area contributed by atoms with Gasteiger partial charge in [-0.1, -0.05) is 54.1 Å². The molecule has 0 fully saturated rings. The quantitative estimate of drug-likeness (QED) is 0.587. The molecule has 140 valence electrons. The van der Waals surface area contributed by atoms with E-state index >= 15 is 0 Å². The third-order valence-corrected chi connectivity index (χ3v) is 5.30. The molecule has 1 amide bonds. The standard InChI is InChI=1S/C21H22ClN3OS/c22-19-8-4-7-18(13-19)15-27-16-21(26)24-10-9-20-23-11-12-25(20)14-17-5-2-1-3-6-17/h1-8,11-13H,9-10,14-16H2,(H,24,26). The number of hydrogen-bond donors (Lipinski definition) is 1. The monoisotopic (exact) mass is 399 g/mol. The van der Waals surface area contributed by atoms with Crippen molar-refractivity contribution in [3.63, 3.8) is 0 Å². The molecule has 3 aromatic rings. The molecule has 4 nitrogen and oxygen atoms in total. The second kappa shape index (κ2) is 10.2. The molecule has 27 heavy (non-hydrogen) atoms. The van der Waals surface area contributed by atoms with Crippen LogP contribution in [0, 0.1) is 0 Å². The Hall–Kier alpha value is -2.24. The van der Waals surface area contributed by atoms with Crippen molar-refractivity contribution in [1.29, 1.82) is 0 Å². The minimum Gasteiger partial charge on any atom is -0.355 e. The molecule has 0 atom stereocenters. The first kappa shape index (κ1) is 19.5. The lowest BCUT2D eigenvalue weighted by Crippen LogP contribution is -2.28. The van der Waals surface area contributed by atoms with Crippen molar-refractivity contribution < 1.29 is 4.79 Å². The van der Waals surface area contributed by atoms with Crippen molar-refractivity contribution in [3.05, 3.63) is 89.0 Å². The third-order valence-electron chi connectivity index (χ3n) is 4.06. The first-order valence-corrected chi connectivity index (χ1v) is 10.4. The lowest BCUT2D eigenvalue weighted by molar-refractivity contribution is -0.118. The van der Waals surface area contributed by atoms with Crippen LogP contribution >= 0.6 is 23.4 Å². The zero-order chi connectivity index (χ0) is 18.9. The molecule has 0 aliphatic heterocycles. The Morgan fingerprint density at radius 1 is 1.11 bits per heavy atom. The molecule has 0 radical (unpaired) electrons. The Morgan fingerprint density at radius 2 is 1.93 bits per heavy atom. The number of benzene rings is 2. The van der Waals surface area contributed by atoms with Gasteiger partial charge in [-0.2, -0.15) is 0 Å². The van der Waals surface area contributed by atoms with Gasteiger partial charge in [0, 0.05) is 42.7 Å². The highest BCUT2D eigenvalue weighted by Gasteiger charge is 2.06. The van der Waals surface area contributed by atoms with E-state index in [9.17, 15) is 4.79 Å². The molecule has 3 rings (SSSR count). The van der Waals surface area contributed by atoms with Gasteiger partial charge in [0.2, 0.25) is 5.91 Å². The Bertz CT molecular complexity index is 867. The van der Waals surface area contributed by atoms with Gasteiger partial charge >= 0.3 is 0 Å². The van der Waals surface area contributed by atoms with Crippen LogP contribution in [0.2, 0.25) is 5.02 Å². The molecule has 0 saturated heterocycles. The van der Waals surface area contributed by atoms with Crippen molar-refractivity contribution >= 4 is 29.3 Å². The summed E-state index contributed by atoms with van der Waals surface area (Å²) >= 11 is 7.56. The second-order valence-electron chi connectivity index (χ2n) is 6.18. The maximum atomic E-state index is 12.0. The van der Waals surface area contributed by atoms with Crippen LogP contribution in [0.5, 0.6) is 0 Å². The predicted octanol–water partition coefficient (Wildman–Crippen LogP) is 4.18. The Morgan fingerprint density at radius 3 is 2.74 bits per heavy atom. The van der Waals surface area contributed by atoms with Crippen LogP contribution in [0.4, 0.5) is 0 Å². The maximum Gasteiger partial charge on any atom is 0.230 e. The average Bonchev–Trinajstić information content (AvgIpc) is 3.10. The van der Waals surface area contributed by atoms with Crippen LogP contribution in [-0.2, 0) is 23.5 Å². The number of nitrogens with one attached hydrogen (secondary N) is 1. The van der Waals surface area contributed by atoms with E-state index in [4.69, 9.17) is 11.6 Å². The van der Waals surface area contributed by atoms with Crippen molar-refractivity contribution in [2.45, 2.75) is 18.7 Å². The summed E-state index contributed by atoms with van der Waals surface area (Å²) in [5.74, 6) is 2.23. The van der Waals surface area contributed by atoms with Crippen LogP contribution in [-0.4, -0.2) is 27.8 Å². The molecule has 2 aromatic carbocycles. The van der Waals surface area contributed by atoms with E-state index in [1.54, 1.807) is 18.0 Å². The number of imidazole rings is 1. The Balaban J connectivity index is 1.38. The summed E-state index contributed by atoms with van der Waals surface area (Å²) < 4.78 is 2.12. The molecule has 0 unspecified atom stereocenters. The highest BCUT2D eigenvalue weighted by molar-refractivity contribution is 7.99. The number of rotatable bonds is 9. The number of carbonyl (C=O) groups is 1. The van der Waals surface area contributed by atoms with E-state index in [0.29, 0.717) is 18.7 Å². The maximum absolute atomic E-state index is 12.0. The molecule has 1 aromatic heterocycles. The number of hydrogen-bond acceptors (Lipinski definition) is 3. The highest BCUT2D eigenvalue weighted by atomic mass is 35.5. The zero-order valence-corrected chi connectivity index (χ0v) is 16.5. The molecule has 1 N–H and O–H groups in total. The predicted molar refractivity (Wildman–Crippen MR) is 112 cm³/mol. The van der Waals surface area contributed by atoms with Crippen LogP contribution in [0.25, 0.3) is 0 Å². The molecule has 6 heteroatoms. The van der Waals surface area contributed by atoms with Crippen LogP contribution in [0.3, 0.4) is 0 Å². The first-order valence-electron chi connectivity index (χ1n) is 8.83. The molecular weight excluding hydrogens is 378 g/mol. The van der Waals surface area contributed by atoms with E-state index in [2.05, 4.69) is 27.0 Å². The number of carbonyl (C=O) groups excluding carboxylic acids is 1. The summed E-state index contributed by atoms with van der Waals surface area (Å²) in [6.45, 7) is 1.38. The first-order chi connectivity index (χ1) is 13.2. The van der Waals surface area contributed by atoms with Gasteiger partial charge in [0.25, 0.3) is 0 Å². The minimum absolute atomic E-state index is 0.0446. The fraction of sp³-hybridized carbons (Fsp3) is 0.238. The van der Waals surface area contributed by atoms with Gasteiger partial charge in [-0.05, 0) is 23.3 Å². The fourth-order valence-electron chi connectivity index (χ4n) is 2.75. The number of amides is 1. The third kappa shape index (κ3) is 6.45. The lowest BCUT2D eigenvalue weighted by atomic mass is 10.2. The number of halogens is 1. The van der Waals surface area contributed by atoms with Gasteiger partial charge < -0.3 is 9.88 Å². The van der Waals surface area contributed by atoms with Crippen LogP contribution in [0.1, 0.15) is 17.0 Å². The molecule has 0 bridgehead atoms. The van der Waals surface area contributed by atoms with Gasteiger partial charge in [0.05, 0.1) is 5.75 Å². The summed E-state index contributed by atoms with van der Waals surface area (Å²) in [4.78, 5) is 16.4. The second-order valence-corrected chi connectivity index (χ2v) is 7.60. The molecular formula is C21H22ClN3OS. The van der Waals surface area contributed by atoms with Gasteiger partial charge in [-0.25, -0.2) is 4.98 Å². The van der Waals surface area contributed by atoms with E-state index in [1.165, 1.54) is 5.56 Å². The van der Waals surface area contributed by atoms with Crippen LogP contribution in [0.15, 0.2) is 67.0 Å². The van der Waals surface area contributed by atoms with E-state index < -0.39 is 0 Å². The topological polar surface area (TPSA) is 46.9 Å². The van der Waals surface area contributed by atoms with Gasteiger partial charge in [0.1, 0.15) is 5.82 Å². The molecule has 0 spiro atoms. The molecule has 1 heterocycles. The highest BCUT2D eigenvalue weighted by Crippen LogP contribution is 2.16. The average molecular weight is 400 g/mol. The minimum atomic E-state index is 0.0446. The Kier molecular flexibility index (Phi) is 7.36. The summed E-state index contributed by atoms with van der Waals surface area (Å²) in [5.41, 5.74) is 2.36. The summed E-state index contributed by atoms with van der Waals surface area (Å²) in [7, 11) is 0. The van der Waals surface area contributed by atoms with Crippen molar-refractivity contribution in [2.24, 2.45) is 0 Å². The Labute approximate surface area is 169 Å². The SMILES string of the molecule is O=C(CSCc1cccc(Cl)c1)NCCc1nccn1Cc1ccccc1. The number of nitrogens with zero attached hydrogens (tertiary/aromatic N) is 2.